The first-order valence-electron chi connectivity index (χ1n) is 7.88. The molecule has 0 aliphatic heterocycles. The zero-order valence-corrected chi connectivity index (χ0v) is 12.9. The van der Waals surface area contributed by atoms with Crippen LogP contribution in [0, 0.1) is 0 Å². The Bertz CT molecular complexity index is 367. The number of aromatic nitrogens is 2. The van der Waals surface area contributed by atoms with Crippen LogP contribution < -0.4 is 16.6 Å². The summed E-state index contributed by atoms with van der Waals surface area (Å²) in [6.45, 7) is 5.32. The third kappa shape index (κ3) is 6.70. The predicted molar refractivity (Wildman–Crippen MR) is 85.7 cm³/mol. The molecule has 0 unspecified atom stereocenters. The van der Waals surface area contributed by atoms with Crippen molar-refractivity contribution in [1.82, 2.24) is 9.97 Å². The van der Waals surface area contributed by atoms with Crippen LogP contribution >= 0.6 is 0 Å². The standard InChI is InChI=1S/C15H29N5/c1-3-5-6-7-8-9-11-17-14-12-15(20-16)19-13(18-14)10-4-2/h12H,3-11,16H2,1-2H3,(H2,17,18,19,20). The average molecular weight is 279 g/mol. The van der Waals surface area contributed by atoms with Crippen LogP contribution in [0.2, 0.25) is 0 Å². The summed E-state index contributed by atoms with van der Waals surface area (Å²) < 4.78 is 0. The third-order valence-corrected chi connectivity index (χ3v) is 3.23. The summed E-state index contributed by atoms with van der Waals surface area (Å²) in [7, 11) is 0. The quantitative estimate of drug-likeness (QED) is 0.328. The van der Waals surface area contributed by atoms with Gasteiger partial charge in [-0.15, -0.1) is 0 Å². The number of unbranched alkanes of at least 4 members (excludes halogenated alkanes) is 5. The third-order valence-electron chi connectivity index (χ3n) is 3.23. The number of aryl methyl sites for hydroxylation is 1. The molecule has 5 nitrogen and oxygen atoms in total. The van der Waals surface area contributed by atoms with Gasteiger partial charge in [-0.1, -0.05) is 46.0 Å². The molecule has 1 rings (SSSR count). The van der Waals surface area contributed by atoms with Crippen molar-refractivity contribution in [2.45, 2.75) is 65.2 Å². The maximum Gasteiger partial charge on any atom is 0.145 e. The molecule has 0 spiro atoms. The number of hydrazine groups is 1. The molecular weight excluding hydrogens is 250 g/mol. The molecular formula is C15H29N5. The Morgan fingerprint density at radius 3 is 2.35 bits per heavy atom. The van der Waals surface area contributed by atoms with E-state index in [0.717, 1.165) is 31.0 Å². The number of anilines is 2. The number of nitrogens with one attached hydrogen (secondary N) is 2. The second-order valence-electron chi connectivity index (χ2n) is 5.14. The number of nitrogen functional groups attached to an aromatic ring is 1. The van der Waals surface area contributed by atoms with Crippen molar-refractivity contribution >= 4 is 11.6 Å². The number of rotatable bonds is 11. The van der Waals surface area contributed by atoms with E-state index in [0.29, 0.717) is 5.82 Å². The van der Waals surface area contributed by atoms with Crippen LogP contribution in [-0.2, 0) is 6.42 Å². The van der Waals surface area contributed by atoms with E-state index >= 15 is 0 Å². The van der Waals surface area contributed by atoms with Gasteiger partial charge in [-0.3, -0.25) is 0 Å². The molecule has 0 saturated carbocycles. The molecule has 0 radical (unpaired) electrons. The average Bonchev–Trinajstić information content (AvgIpc) is 2.46. The lowest BCUT2D eigenvalue weighted by Crippen LogP contribution is -2.12. The van der Waals surface area contributed by atoms with Gasteiger partial charge in [0.1, 0.15) is 17.5 Å². The monoisotopic (exact) mass is 279 g/mol. The maximum absolute atomic E-state index is 5.44. The van der Waals surface area contributed by atoms with E-state index < -0.39 is 0 Å². The molecule has 0 amide bonds. The molecule has 5 heteroatoms. The van der Waals surface area contributed by atoms with Crippen molar-refractivity contribution < 1.29 is 0 Å². The molecule has 1 aromatic heterocycles. The normalized spacial score (nSPS) is 10.6. The summed E-state index contributed by atoms with van der Waals surface area (Å²) in [4.78, 5) is 8.83. The number of nitrogens with two attached hydrogens (primary N) is 1. The second kappa shape index (κ2) is 10.4. The number of nitrogens with zero attached hydrogens (tertiary/aromatic N) is 2. The molecule has 0 bridgehead atoms. The van der Waals surface area contributed by atoms with Crippen LogP contribution in [0.1, 0.15) is 64.6 Å². The summed E-state index contributed by atoms with van der Waals surface area (Å²) in [5, 5.41) is 3.36. The molecule has 0 saturated heterocycles. The van der Waals surface area contributed by atoms with Crippen LogP contribution in [0.3, 0.4) is 0 Å². The minimum atomic E-state index is 0.675. The molecule has 0 fully saturated rings. The van der Waals surface area contributed by atoms with Gasteiger partial charge in [0.15, 0.2) is 0 Å². The van der Waals surface area contributed by atoms with E-state index in [1.54, 1.807) is 0 Å². The highest BCUT2D eigenvalue weighted by atomic mass is 15.3. The Labute approximate surface area is 122 Å². The Kier molecular flexibility index (Phi) is 8.71. The fourth-order valence-corrected chi connectivity index (χ4v) is 2.12. The van der Waals surface area contributed by atoms with E-state index in [4.69, 9.17) is 5.84 Å². The molecule has 0 aliphatic rings. The van der Waals surface area contributed by atoms with Gasteiger partial charge < -0.3 is 10.7 Å². The molecule has 1 aromatic rings. The molecule has 0 aromatic carbocycles. The summed E-state index contributed by atoms with van der Waals surface area (Å²) in [6, 6.07) is 1.86. The molecule has 20 heavy (non-hydrogen) atoms. The molecule has 0 aliphatic carbocycles. The van der Waals surface area contributed by atoms with Gasteiger partial charge in [-0.05, 0) is 12.8 Å². The Balaban J connectivity index is 2.33. The van der Waals surface area contributed by atoms with Crippen LogP contribution in [0.4, 0.5) is 11.6 Å². The molecule has 1 heterocycles. The van der Waals surface area contributed by atoms with Crippen LogP contribution in [0.25, 0.3) is 0 Å². The van der Waals surface area contributed by atoms with Gasteiger partial charge in [0.25, 0.3) is 0 Å². The van der Waals surface area contributed by atoms with Gasteiger partial charge >= 0.3 is 0 Å². The van der Waals surface area contributed by atoms with Crippen molar-refractivity contribution in [3.8, 4) is 0 Å². The lowest BCUT2D eigenvalue weighted by Gasteiger charge is -2.09. The lowest BCUT2D eigenvalue weighted by atomic mass is 10.1. The fourth-order valence-electron chi connectivity index (χ4n) is 2.12. The van der Waals surface area contributed by atoms with Crippen molar-refractivity contribution in [1.29, 1.82) is 0 Å². The maximum atomic E-state index is 5.44. The topological polar surface area (TPSA) is 75.9 Å². The Morgan fingerprint density at radius 1 is 0.950 bits per heavy atom. The molecule has 4 N–H and O–H groups in total. The first-order valence-corrected chi connectivity index (χ1v) is 7.88. The zero-order valence-electron chi connectivity index (χ0n) is 12.9. The minimum Gasteiger partial charge on any atom is -0.370 e. The SMILES string of the molecule is CCCCCCCCNc1cc(NN)nc(CCC)n1. The van der Waals surface area contributed by atoms with Crippen molar-refractivity contribution in [2.24, 2.45) is 5.84 Å². The predicted octanol–water partition coefficient (Wildman–Crippen LogP) is 3.49. The van der Waals surface area contributed by atoms with Crippen molar-refractivity contribution in [2.75, 3.05) is 17.3 Å². The van der Waals surface area contributed by atoms with Crippen molar-refractivity contribution in [3.05, 3.63) is 11.9 Å². The van der Waals surface area contributed by atoms with Crippen LogP contribution in [-0.4, -0.2) is 16.5 Å². The van der Waals surface area contributed by atoms with Gasteiger partial charge in [-0.2, -0.15) is 0 Å². The smallest absolute Gasteiger partial charge is 0.145 e. The lowest BCUT2D eigenvalue weighted by molar-refractivity contribution is 0.616. The first kappa shape index (κ1) is 16.7. The molecule has 114 valence electrons. The van der Waals surface area contributed by atoms with E-state index in [1.165, 1.54) is 38.5 Å². The van der Waals surface area contributed by atoms with Crippen LogP contribution in [0.5, 0.6) is 0 Å². The summed E-state index contributed by atoms with van der Waals surface area (Å²) in [6.07, 6.45) is 9.71. The Hall–Kier alpha value is -1.36. The minimum absolute atomic E-state index is 0.675. The second-order valence-corrected chi connectivity index (χ2v) is 5.14. The summed E-state index contributed by atoms with van der Waals surface area (Å²) >= 11 is 0. The first-order chi connectivity index (χ1) is 9.80. The van der Waals surface area contributed by atoms with Gasteiger partial charge in [0, 0.05) is 19.0 Å². The highest BCUT2D eigenvalue weighted by molar-refractivity contribution is 5.46. The van der Waals surface area contributed by atoms with Gasteiger partial charge in [0.2, 0.25) is 0 Å². The van der Waals surface area contributed by atoms with Crippen LogP contribution in [0.15, 0.2) is 6.07 Å². The Morgan fingerprint density at radius 2 is 1.65 bits per heavy atom. The van der Waals surface area contributed by atoms with Crippen molar-refractivity contribution in [3.63, 3.8) is 0 Å². The largest absolute Gasteiger partial charge is 0.370 e. The summed E-state index contributed by atoms with van der Waals surface area (Å²) in [5.41, 5.74) is 2.60. The fraction of sp³-hybridized carbons (Fsp3) is 0.733. The van der Waals surface area contributed by atoms with Gasteiger partial charge in [-0.25, -0.2) is 15.8 Å². The van der Waals surface area contributed by atoms with E-state index in [9.17, 15) is 0 Å². The highest BCUT2D eigenvalue weighted by Gasteiger charge is 2.03. The van der Waals surface area contributed by atoms with E-state index in [1.807, 2.05) is 6.07 Å². The molecule has 0 atom stereocenters. The highest BCUT2D eigenvalue weighted by Crippen LogP contribution is 2.12. The van der Waals surface area contributed by atoms with E-state index in [-0.39, 0.29) is 0 Å². The number of hydrogen-bond donors (Lipinski definition) is 3. The van der Waals surface area contributed by atoms with Gasteiger partial charge in [0.05, 0.1) is 0 Å². The number of hydrogen-bond acceptors (Lipinski definition) is 5. The zero-order chi connectivity index (χ0) is 14.6. The summed E-state index contributed by atoms with van der Waals surface area (Å²) in [5.74, 6) is 7.82. The van der Waals surface area contributed by atoms with E-state index in [2.05, 4.69) is 34.6 Å².